The molecular formula is C13H19ClN4O3S. The first-order chi connectivity index (χ1) is 10.3. The number of nitrogens with zero attached hydrogens (tertiary/aromatic N) is 3. The zero-order valence-electron chi connectivity index (χ0n) is 12.5. The minimum Gasteiger partial charge on any atom is -0.346 e. The van der Waals surface area contributed by atoms with E-state index in [0.717, 1.165) is 12.8 Å². The van der Waals surface area contributed by atoms with Crippen molar-refractivity contribution >= 4 is 27.5 Å². The smallest absolute Gasteiger partial charge is 0.271 e. The molecule has 1 aliphatic heterocycles. The van der Waals surface area contributed by atoms with Crippen molar-refractivity contribution in [3.63, 3.8) is 0 Å². The fourth-order valence-electron chi connectivity index (χ4n) is 3.12. The summed E-state index contributed by atoms with van der Waals surface area (Å²) in [7, 11) is -1.59. The summed E-state index contributed by atoms with van der Waals surface area (Å²) in [6, 6.07) is -0.180. The molecule has 1 amide bonds. The normalized spacial score (nSPS) is 26.3. The molecule has 0 unspecified atom stereocenters. The number of aryl methyl sites for hydroxylation is 1. The highest BCUT2D eigenvalue weighted by molar-refractivity contribution is 7.88. The quantitative estimate of drug-likeness (QED) is 0.859. The van der Waals surface area contributed by atoms with E-state index in [2.05, 4.69) is 10.4 Å². The van der Waals surface area contributed by atoms with E-state index < -0.39 is 10.0 Å². The molecule has 22 heavy (non-hydrogen) atoms. The van der Waals surface area contributed by atoms with E-state index in [0.29, 0.717) is 29.7 Å². The molecule has 1 aromatic rings. The van der Waals surface area contributed by atoms with Gasteiger partial charge in [0.15, 0.2) is 0 Å². The molecule has 0 radical (unpaired) electrons. The Morgan fingerprint density at radius 3 is 2.59 bits per heavy atom. The van der Waals surface area contributed by atoms with Crippen molar-refractivity contribution in [1.82, 2.24) is 19.4 Å². The molecule has 2 heterocycles. The number of hydrogen-bond acceptors (Lipinski definition) is 4. The predicted molar refractivity (Wildman–Crippen MR) is 82.1 cm³/mol. The van der Waals surface area contributed by atoms with Gasteiger partial charge in [0.2, 0.25) is 10.0 Å². The van der Waals surface area contributed by atoms with E-state index >= 15 is 0 Å². The molecule has 2 aliphatic rings. The lowest BCUT2D eigenvalue weighted by molar-refractivity contribution is 0.0919. The molecule has 1 saturated heterocycles. The Labute approximate surface area is 134 Å². The third-order valence-electron chi connectivity index (χ3n) is 4.45. The average Bonchev–Trinajstić information content (AvgIpc) is 3.07. The van der Waals surface area contributed by atoms with Crippen LogP contribution in [0.4, 0.5) is 0 Å². The van der Waals surface area contributed by atoms with Crippen LogP contribution in [0.1, 0.15) is 23.3 Å². The van der Waals surface area contributed by atoms with Crippen LogP contribution in [0.5, 0.6) is 0 Å². The largest absolute Gasteiger partial charge is 0.346 e. The molecule has 1 N–H and O–H groups in total. The minimum atomic E-state index is -3.24. The van der Waals surface area contributed by atoms with E-state index in [-0.39, 0.29) is 17.9 Å². The molecule has 3 rings (SSSR count). The number of aromatic nitrogens is 2. The zero-order chi connectivity index (χ0) is 16.1. The number of carbonyl (C=O) groups excluding carboxylic acids is 1. The summed E-state index contributed by atoms with van der Waals surface area (Å²) in [6.07, 6.45) is 4.83. The molecule has 0 spiro atoms. The Bertz CT molecular complexity index is 679. The molecule has 2 atom stereocenters. The van der Waals surface area contributed by atoms with Gasteiger partial charge in [0, 0.05) is 26.2 Å². The van der Waals surface area contributed by atoms with Crippen LogP contribution >= 0.6 is 11.6 Å². The molecule has 1 aliphatic carbocycles. The number of carbonyl (C=O) groups is 1. The van der Waals surface area contributed by atoms with E-state index in [1.54, 1.807) is 7.05 Å². The first-order valence-electron chi connectivity index (χ1n) is 7.21. The Kier molecular flexibility index (Phi) is 3.94. The number of hydrogen-bond donors (Lipinski definition) is 1. The van der Waals surface area contributed by atoms with Crippen LogP contribution in [0, 0.1) is 11.8 Å². The molecular weight excluding hydrogens is 328 g/mol. The Morgan fingerprint density at radius 2 is 2.09 bits per heavy atom. The summed E-state index contributed by atoms with van der Waals surface area (Å²) in [4.78, 5) is 12.4. The topological polar surface area (TPSA) is 84.3 Å². The number of halogens is 1. The average molecular weight is 347 g/mol. The lowest BCUT2D eigenvalue weighted by Crippen LogP contribution is -2.42. The summed E-state index contributed by atoms with van der Waals surface area (Å²) in [6.45, 7) is 0.800. The number of rotatable bonds is 4. The van der Waals surface area contributed by atoms with Gasteiger partial charge in [-0.05, 0) is 24.7 Å². The van der Waals surface area contributed by atoms with Crippen LogP contribution in [0.25, 0.3) is 0 Å². The van der Waals surface area contributed by atoms with Crippen molar-refractivity contribution in [1.29, 1.82) is 0 Å². The van der Waals surface area contributed by atoms with Gasteiger partial charge in [-0.25, -0.2) is 8.42 Å². The van der Waals surface area contributed by atoms with E-state index in [1.807, 2.05) is 0 Å². The molecule has 1 aromatic heterocycles. The highest BCUT2D eigenvalue weighted by Crippen LogP contribution is 2.42. The summed E-state index contributed by atoms with van der Waals surface area (Å²) in [5.41, 5.74) is 0.300. The van der Waals surface area contributed by atoms with Crippen LogP contribution in [0.2, 0.25) is 5.02 Å². The minimum absolute atomic E-state index is 0.172. The fraction of sp³-hybridized carbons (Fsp3) is 0.692. The lowest BCUT2D eigenvalue weighted by atomic mass is 9.98. The molecule has 1 saturated carbocycles. The fourth-order valence-corrected chi connectivity index (χ4v) is 4.25. The molecule has 2 fully saturated rings. The van der Waals surface area contributed by atoms with Crippen molar-refractivity contribution < 1.29 is 13.2 Å². The van der Waals surface area contributed by atoms with Gasteiger partial charge in [-0.1, -0.05) is 11.6 Å². The van der Waals surface area contributed by atoms with E-state index in [1.165, 1.54) is 21.4 Å². The molecule has 9 heteroatoms. The maximum Gasteiger partial charge on any atom is 0.271 e. The van der Waals surface area contributed by atoms with Crippen molar-refractivity contribution in [2.24, 2.45) is 18.9 Å². The first-order valence-corrected chi connectivity index (χ1v) is 9.43. The maximum absolute atomic E-state index is 12.4. The summed E-state index contributed by atoms with van der Waals surface area (Å²) >= 11 is 5.99. The number of sulfonamides is 1. The lowest BCUT2D eigenvalue weighted by Gasteiger charge is -2.19. The highest BCUT2D eigenvalue weighted by Gasteiger charge is 2.45. The monoisotopic (exact) mass is 346 g/mol. The Hall–Kier alpha value is -1.12. The van der Waals surface area contributed by atoms with Crippen LogP contribution in [0.3, 0.4) is 0 Å². The van der Waals surface area contributed by atoms with E-state index in [4.69, 9.17) is 11.6 Å². The van der Waals surface area contributed by atoms with Crippen LogP contribution < -0.4 is 5.32 Å². The van der Waals surface area contributed by atoms with Gasteiger partial charge in [-0.3, -0.25) is 9.48 Å². The second kappa shape index (κ2) is 5.50. The molecule has 0 aromatic carbocycles. The highest BCUT2D eigenvalue weighted by atomic mass is 35.5. The van der Waals surface area contributed by atoms with Crippen LogP contribution in [0.15, 0.2) is 6.20 Å². The third-order valence-corrected chi connectivity index (χ3v) is 5.97. The van der Waals surface area contributed by atoms with Crippen molar-refractivity contribution in [3.05, 3.63) is 16.9 Å². The SMILES string of the molecule is Cn1ncc(Cl)c1C(=O)N[C@H]1CN(S(C)(=O)=O)C[C@@H]1C1CC1. The van der Waals surface area contributed by atoms with Gasteiger partial charge in [0.1, 0.15) is 5.69 Å². The first kappa shape index (κ1) is 15.8. The summed E-state index contributed by atoms with van der Waals surface area (Å²) in [5, 5.41) is 7.19. The Balaban J connectivity index is 1.77. The standard InChI is InChI=1S/C13H19ClN4O3S/c1-17-12(10(14)5-15-17)13(19)16-11-7-18(22(2,20)21)6-9(11)8-3-4-8/h5,8-9,11H,3-4,6-7H2,1-2H3,(H,16,19)/t9-,11+/m1/s1. The molecule has 7 nitrogen and oxygen atoms in total. The van der Waals surface area contributed by atoms with Gasteiger partial charge in [-0.2, -0.15) is 9.40 Å². The van der Waals surface area contributed by atoms with Crippen LogP contribution in [-0.4, -0.2) is 53.8 Å². The number of amides is 1. The van der Waals surface area contributed by atoms with Crippen LogP contribution in [-0.2, 0) is 17.1 Å². The van der Waals surface area contributed by atoms with Crippen molar-refractivity contribution in [2.75, 3.05) is 19.3 Å². The predicted octanol–water partition coefficient (Wildman–Crippen LogP) is 0.473. The van der Waals surface area contributed by atoms with Crippen molar-refractivity contribution in [3.8, 4) is 0 Å². The van der Waals surface area contributed by atoms with Gasteiger partial charge < -0.3 is 5.32 Å². The summed E-state index contributed by atoms with van der Waals surface area (Å²) < 4.78 is 26.4. The molecule has 0 bridgehead atoms. The molecule has 122 valence electrons. The van der Waals surface area contributed by atoms with Gasteiger partial charge in [0.25, 0.3) is 5.91 Å². The van der Waals surface area contributed by atoms with E-state index in [9.17, 15) is 13.2 Å². The number of nitrogens with one attached hydrogen (secondary N) is 1. The van der Waals surface area contributed by atoms with Gasteiger partial charge in [-0.15, -0.1) is 0 Å². The second-order valence-corrected chi connectivity index (χ2v) is 8.52. The second-order valence-electron chi connectivity index (χ2n) is 6.13. The van der Waals surface area contributed by atoms with Crippen molar-refractivity contribution in [2.45, 2.75) is 18.9 Å². The van der Waals surface area contributed by atoms with Gasteiger partial charge in [0.05, 0.1) is 17.5 Å². The third kappa shape index (κ3) is 3.00. The Morgan fingerprint density at radius 1 is 1.41 bits per heavy atom. The van der Waals surface area contributed by atoms with Gasteiger partial charge >= 0.3 is 0 Å². The summed E-state index contributed by atoms with van der Waals surface area (Å²) in [5.74, 6) is 0.362. The maximum atomic E-state index is 12.4. The zero-order valence-corrected chi connectivity index (χ0v) is 14.1.